The first-order valence-corrected chi connectivity index (χ1v) is 19.3. The van der Waals surface area contributed by atoms with Gasteiger partial charge in [0.1, 0.15) is 0 Å². The van der Waals surface area contributed by atoms with Crippen LogP contribution in [0, 0.1) is 0 Å². The number of benzene rings is 6. The van der Waals surface area contributed by atoms with Crippen LogP contribution in [0.4, 0.5) is 0 Å². The van der Waals surface area contributed by atoms with Crippen molar-refractivity contribution >= 4 is 27.4 Å². The molecule has 2 aliphatic rings. The second-order valence-corrected chi connectivity index (χ2v) is 15.1. The molecule has 0 bridgehead atoms. The SMILES string of the molecule is CCC(Cc1ccccc1C1=C(C)C=CCC1)c1ccc2c(c1)c1cc(CC3c4ccccc4-c4ccccc4C3C)ccc1n2-c1ccccc1. The summed E-state index contributed by atoms with van der Waals surface area (Å²) in [5.74, 6) is 1.30. The Labute approximate surface area is 309 Å². The third kappa shape index (κ3) is 5.64. The molecule has 0 fully saturated rings. The zero-order chi connectivity index (χ0) is 35.2. The van der Waals surface area contributed by atoms with Crippen LogP contribution in [0.1, 0.15) is 91.2 Å². The maximum Gasteiger partial charge on any atom is 0.0541 e. The fraction of sp³-hybridized carbons (Fsp3) is 0.216. The van der Waals surface area contributed by atoms with Gasteiger partial charge in [0.15, 0.2) is 0 Å². The standard InChI is InChI=1S/C51H47N/c1-4-37(32-39-17-9-11-22-43(39)41-20-10-8-16-34(41)2)38-27-29-51-49(33-38)48-31-36(26-28-50(48)52(51)40-18-6-5-7-19-40)30-47-35(3)42-21-12-13-23-44(42)45-24-14-15-25-46(45)47/h5-9,11-19,21-29,31,33,35,37,47H,4,10,20,30,32H2,1-3H3. The molecule has 6 aromatic carbocycles. The third-order valence-electron chi connectivity index (χ3n) is 12.2. The van der Waals surface area contributed by atoms with Crippen molar-refractivity contribution in [3.63, 3.8) is 0 Å². The number of nitrogens with zero attached hydrogens (tertiary/aromatic N) is 1. The van der Waals surface area contributed by atoms with Crippen LogP contribution in [0.2, 0.25) is 0 Å². The first-order valence-electron chi connectivity index (χ1n) is 19.3. The predicted molar refractivity (Wildman–Crippen MR) is 222 cm³/mol. The molecular formula is C51H47N. The van der Waals surface area contributed by atoms with Crippen LogP contribution >= 0.6 is 0 Å². The highest BCUT2D eigenvalue weighted by Crippen LogP contribution is 2.48. The lowest BCUT2D eigenvalue weighted by Crippen LogP contribution is -2.17. The molecule has 0 amide bonds. The zero-order valence-corrected chi connectivity index (χ0v) is 30.6. The normalized spacial score (nSPS) is 17.4. The van der Waals surface area contributed by atoms with Crippen molar-refractivity contribution in [1.29, 1.82) is 0 Å². The van der Waals surface area contributed by atoms with E-state index < -0.39 is 0 Å². The molecule has 0 spiro atoms. The first-order chi connectivity index (χ1) is 25.6. The Kier molecular flexibility index (Phi) is 8.51. The molecule has 0 N–H and O–H groups in total. The molecule has 1 nitrogen and oxygen atoms in total. The minimum atomic E-state index is 0.421. The van der Waals surface area contributed by atoms with Crippen LogP contribution in [0.25, 0.3) is 44.2 Å². The maximum absolute atomic E-state index is 2.53. The van der Waals surface area contributed by atoms with Gasteiger partial charge in [0.05, 0.1) is 11.0 Å². The Bertz CT molecular complexity index is 2490. The van der Waals surface area contributed by atoms with Crippen LogP contribution < -0.4 is 0 Å². The highest BCUT2D eigenvalue weighted by Gasteiger charge is 2.31. The van der Waals surface area contributed by atoms with Crippen molar-refractivity contribution < 1.29 is 0 Å². The van der Waals surface area contributed by atoms with Crippen molar-refractivity contribution in [2.24, 2.45) is 0 Å². The fourth-order valence-electron chi connectivity index (χ4n) is 9.44. The van der Waals surface area contributed by atoms with E-state index in [0.29, 0.717) is 17.8 Å². The highest BCUT2D eigenvalue weighted by molar-refractivity contribution is 6.09. The Morgan fingerprint density at radius 2 is 1.33 bits per heavy atom. The molecule has 0 saturated heterocycles. The second-order valence-electron chi connectivity index (χ2n) is 15.1. The van der Waals surface area contributed by atoms with E-state index in [1.54, 1.807) is 0 Å². The number of rotatable bonds is 8. The van der Waals surface area contributed by atoms with Gasteiger partial charge >= 0.3 is 0 Å². The van der Waals surface area contributed by atoms with Crippen LogP contribution in [0.15, 0.2) is 157 Å². The zero-order valence-electron chi connectivity index (χ0n) is 30.6. The van der Waals surface area contributed by atoms with Gasteiger partial charge in [0.2, 0.25) is 0 Å². The molecular weight excluding hydrogens is 627 g/mol. The molecule has 0 saturated carbocycles. The summed E-state index contributed by atoms with van der Waals surface area (Å²) >= 11 is 0. The summed E-state index contributed by atoms with van der Waals surface area (Å²) in [7, 11) is 0. The summed E-state index contributed by atoms with van der Waals surface area (Å²) in [5, 5.41) is 2.70. The lowest BCUT2D eigenvalue weighted by molar-refractivity contribution is 0.566. The molecule has 3 unspecified atom stereocenters. The molecule has 3 atom stereocenters. The van der Waals surface area contributed by atoms with E-state index in [9.17, 15) is 0 Å². The number of para-hydroxylation sites is 1. The fourth-order valence-corrected chi connectivity index (χ4v) is 9.44. The summed E-state index contributed by atoms with van der Waals surface area (Å²) in [6, 6.07) is 52.8. The topological polar surface area (TPSA) is 4.93 Å². The molecule has 0 radical (unpaired) electrons. The average molecular weight is 674 g/mol. The third-order valence-corrected chi connectivity index (χ3v) is 12.2. The lowest BCUT2D eigenvalue weighted by Gasteiger charge is -2.34. The van der Waals surface area contributed by atoms with Gasteiger partial charge in [-0.05, 0) is 149 Å². The molecule has 9 rings (SSSR count). The van der Waals surface area contributed by atoms with Gasteiger partial charge in [0.25, 0.3) is 0 Å². The predicted octanol–water partition coefficient (Wildman–Crippen LogP) is 13.8. The number of aromatic nitrogens is 1. The summed E-state index contributed by atoms with van der Waals surface area (Å²) < 4.78 is 2.47. The van der Waals surface area contributed by atoms with Crippen LogP contribution in [-0.2, 0) is 12.8 Å². The minimum absolute atomic E-state index is 0.421. The van der Waals surface area contributed by atoms with E-state index in [4.69, 9.17) is 0 Å². The van der Waals surface area contributed by atoms with Crippen molar-refractivity contribution in [3.05, 3.63) is 191 Å². The molecule has 256 valence electrons. The number of fused-ring (bicyclic) bond motifs is 6. The Balaban J connectivity index is 1.14. The second kappa shape index (κ2) is 13.6. The summed E-state index contributed by atoms with van der Waals surface area (Å²) in [4.78, 5) is 0. The van der Waals surface area contributed by atoms with E-state index in [2.05, 4.69) is 177 Å². The summed E-state index contributed by atoms with van der Waals surface area (Å²) in [5.41, 5.74) is 18.2. The monoisotopic (exact) mass is 673 g/mol. The maximum atomic E-state index is 2.53. The van der Waals surface area contributed by atoms with E-state index in [0.717, 1.165) is 32.1 Å². The van der Waals surface area contributed by atoms with Gasteiger partial charge in [-0.15, -0.1) is 0 Å². The van der Waals surface area contributed by atoms with Crippen LogP contribution in [-0.4, -0.2) is 4.57 Å². The lowest BCUT2D eigenvalue weighted by atomic mass is 9.70. The number of hydrogen-bond donors (Lipinski definition) is 0. The van der Waals surface area contributed by atoms with Gasteiger partial charge in [-0.25, -0.2) is 0 Å². The van der Waals surface area contributed by atoms with Crippen molar-refractivity contribution in [2.45, 2.75) is 70.6 Å². The minimum Gasteiger partial charge on any atom is -0.309 e. The van der Waals surface area contributed by atoms with Crippen molar-refractivity contribution in [1.82, 2.24) is 4.57 Å². The van der Waals surface area contributed by atoms with Gasteiger partial charge in [-0.3, -0.25) is 0 Å². The van der Waals surface area contributed by atoms with E-state index >= 15 is 0 Å². The Morgan fingerprint density at radius 3 is 2.10 bits per heavy atom. The van der Waals surface area contributed by atoms with Crippen LogP contribution in [0.5, 0.6) is 0 Å². The molecule has 2 aliphatic carbocycles. The van der Waals surface area contributed by atoms with Gasteiger partial charge in [-0.1, -0.05) is 129 Å². The smallest absolute Gasteiger partial charge is 0.0541 e. The van der Waals surface area contributed by atoms with E-state index in [1.165, 1.54) is 83.1 Å². The largest absolute Gasteiger partial charge is 0.309 e. The number of allylic oxidation sites excluding steroid dienone is 4. The quantitative estimate of drug-likeness (QED) is 0.151. The Morgan fingerprint density at radius 1 is 0.673 bits per heavy atom. The van der Waals surface area contributed by atoms with Gasteiger partial charge in [0, 0.05) is 16.5 Å². The first kappa shape index (κ1) is 32.5. The summed E-state index contributed by atoms with van der Waals surface area (Å²) in [6.45, 7) is 7.06. The molecule has 1 heterocycles. The highest BCUT2D eigenvalue weighted by atomic mass is 15.0. The Hall–Kier alpha value is -5.40. The van der Waals surface area contributed by atoms with E-state index in [-0.39, 0.29) is 0 Å². The molecule has 1 aromatic heterocycles. The van der Waals surface area contributed by atoms with Gasteiger partial charge in [-0.2, -0.15) is 0 Å². The van der Waals surface area contributed by atoms with Crippen molar-refractivity contribution in [3.8, 4) is 16.8 Å². The van der Waals surface area contributed by atoms with Crippen LogP contribution in [0.3, 0.4) is 0 Å². The molecule has 0 aliphatic heterocycles. The number of hydrogen-bond acceptors (Lipinski definition) is 0. The van der Waals surface area contributed by atoms with Crippen molar-refractivity contribution in [2.75, 3.05) is 0 Å². The molecule has 7 aromatic rings. The molecule has 1 heteroatoms. The molecule has 52 heavy (non-hydrogen) atoms. The van der Waals surface area contributed by atoms with Gasteiger partial charge < -0.3 is 4.57 Å². The average Bonchev–Trinajstić information content (AvgIpc) is 3.52. The summed E-state index contributed by atoms with van der Waals surface area (Å²) in [6.07, 6.45) is 10.0. The van der Waals surface area contributed by atoms with E-state index in [1.807, 2.05) is 0 Å².